The second-order valence-corrected chi connectivity index (χ2v) is 7.96. The highest BCUT2D eigenvalue weighted by Gasteiger charge is 2.37. The van der Waals surface area contributed by atoms with Crippen LogP contribution in [0.2, 0.25) is 10.0 Å². The van der Waals surface area contributed by atoms with Crippen molar-refractivity contribution in [3.05, 3.63) is 105 Å². The van der Waals surface area contributed by atoms with Crippen LogP contribution >= 0.6 is 23.2 Å². The van der Waals surface area contributed by atoms with Crippen molar-refractivity contribution in [2.45, 2.75) is 6.42 Å². The van der Waals surface area contributed by atoms with E-state index in [4.69, 9.17) is 23.2 Å². The Morgan fingerprint density at radius 3 is 2.41 bits per heavy atom. The first-order chi connectivity index (χ1) is 15.3. The van der Waals surface area contributed by atoms with Crippen molar-refractivity contribution >= 4 is 52.8 Å². The molecular formula is C24H15Cl2FN2O3. The Bertz CT molecular complexity index is 1290. The van der Waals surface area contributed by atoms with E-state index in [-0.39, 0.29) is 17.1 Å². The summed E-state index contributed by atoms with van der Waals surface area (Å²) in [4.78, 5) is 38.8. The molecule has 1 N–H and O–H groups in total. The molecule has 3 aromatic rings. The Labute approximate surface area is 193 Å². The molecule has 0 aromatic heterocycles. The molecule has 5 nitrogen and oxygen atoms in total. The third-order valence-corrected chi connectivity index (χ3v) is 5.33. The fourth-order valence-electron chi connectivity index (χ4n) is 3.39. The minimum Gasteiger partial charge on any atom is -0.273 e. The lowest BCUT2D eigenvalue weighted by Crippen LogP contribution is -2.54. The summed E-state index contributed by atoms with van der Waals surface area (Å²) in [5.74, 6) is -1.98. The average molecular weight is 469 g/mol. The number of imide groups is 2. The molecule has 0 radical (unpaired) electrons. The first-order valence-corrected chi connectivity index (χ1v) is 10.3. The third kappa shape index (κ3) is 4.56. The third-order valence-electron chi connectivity index (χ3n) is 4.86. The molecule has 32 heavy (non-hydrogen) atoms. The van der Waals surface area contributed by atoms with Gasteiger partial charge in [-0.1, -0.05) is 47.5 Å². The molecule has 1 heterocycles. The summed E-state index contributed by atoms with van der Waals surface area (Å²) in [5, 5.41) is 2.90. The van der Waals surface area contributed by atoms with Crippen LogP contribution in [0.4, 0.5) is 14.9 Å². The smallest absolute Gasteiger partial charge is 0.273 e. The highest BCUT2D eigenvalue weighted by Crippen LogP contribution is 2.27. The van der Waals surface area contributed by atoms with E-state index in [1.807, 2.05) is 0 Å². The normalized spacial score (nSPS) is 15.3. The number of nitrogens with zero attached hydrogens (tertiary/aromatic N) is 1. The number of rotatable bonds is 4. The fourth-order valence-corrected chi connectivity index (χ4v) is 3.76. The molecule has 1 saturated heterocycles. The van der Waals surface area contributed by atoms with Gasteiger partial charge in [-0.25, -0.2) is 14.1 Å². The molecule has 4 amide bonds. The standard InChI is InChI=1S/C24H15Cl2FN2O3/c25-17-4-2-6-20(13-17)29-23(31)21(22(30)28-24(29)32)12-16-11-18(26)8-7-15(16)9-14-3-1-5-19(27)10-14/h1-8,10-13H,9H2,(H,28,30,32)/b21-12+. The van der Waals surface area contributed by atoms with Gasteiger partial charge in [-0.15, -0.1) is 0 Å². The van der Waals surface area contributed by atoms with E-state index in [0.29, 0.717) is 27.6 Å². The predicted molar refractivity (Wildman–Crippen MR) is 121 cm³/mol. The molecule has 0 saturated carbocycles. The van der Waals surface area contributed by atoms with Gasteiger partial charge in [0.15, 0.2) is 0 Å². The van der Waals surface area contributed by atoms with Gasteiger partial charge in [-0.3, -0.25) is 14.9 Å². The number of barbiturate groups is 1. The van der Waals surface area contributed by atoms with Gasteiger partial charge in [-0.2, -0.15) is 0 Å². The first-order valence-electron chi connectivity index (χ1n) is 9.52. The Morgan fingerprint density at radius 1 is 0.906 bits per heavy atom. The first kappa shape index (κ1) is 21.7. The average Bonchev–Trinajstić information content (AvgIpc) is 2.73. The van der Waals surface area contributed by atoms with Crippen molar-refractivity contribution in [3.8, 4) is 0 Å². The van der Waals surface area contributed by atoms with Crippen LogP contribution in [0, 0.1) is 5.82 Å². The highest BCUT2D eigenvalue weighted by atomic mass is 35.5. The molecule has 0 bridgehead atoms. The van der Waals surface area contributed by atoms with Crippen LogP contribution < -0.4 is 10.2 Å². The van der Waals surface area contributed by atoms with E-state index in [1.165, 1.54) is 30.3 Å². The molecule has 0 spiro atoms. The molecule has 8 heteroatoms. The van der Waals surface area contributed by atoms with Crippen LogP contribution in [0.3, 0.4) is 0 Å². The Morgan fingerprint density at radius 2 is 1.66 bits per heavy atom. The van der Waals surface area contributed by atoms with Gasteiger partial charge in [-0.05, 0) is 71.7 Å². The van der Waals surface area contributed by atoms with Gasteiger partial charge >= 0.3 is 6.03 Å². The van der Waals surface area contributed by atoms with Crippen molar-refractivity contribution in [3.63, 3.8) is 0 Å². The molecular weight excluding hydrogens is 454 g/mol. The zero-order valence-electron chi connectivity index (χ0n) is 16.4. The van der Waals surface area contributed by atoms with Crippen molar-refractivity contribution in [1.29, 1.82) is 0 Å². The molecule has 1 aliphatic heterocycles. The van der Waals surface area contributed by atoms with Crippen LogP contribution in [-0.4, -0.2) is 17.8 Å². The van der Waals surface area contributed by atoms with Crippen LogP contribution in [0.5, 0.6) is 0 Å². The van der Waals surface area contributed by atoms with Crippen molar-refractivity contribution in [2.75, 3.05) is 4.90 Å². The molecule has 1 aliphatic rings. The molecule has 0 unspecified atom stereocenters. The van der Waals surface area contributed by atoms with Crippen molar-refractivity contribution in [2.24, 2.45) is 0 Å². The van der Waals surface area contributed by atoms with Crippen LogP contribution in [0.25, 0.3) is 6.08 Å². The number of benzene rings is 3. The molecule has 4 rings (SSSR count). The van der Waals surface area contributed by atoms with Crippen LogP contribution in [0.1, 0.15) is 16.7 Å². The van der Waals surface area contributed by atoms with Crippen molar-refractivity contribution in [1.82, 2.24) is 5.32 Å². The lowest BCUT2D eigenvalue weighted by atomic mass is 9.97. The Kier molecular flexibility index (Phi) is 6.08. The quantitative estimate of drug-likeness (QED) is 0.412. The van der Waals surface area contributed by atoms with Gasteiger partial charge in [0.1, 0.15) is 11.4 Å². The Balaban J connectivity index is 1.75. The van der Waals surface area contributed by atoms with Crippen LogP contribution in [-0.2, 0) is 16.0 Å². The second-order valence-electron chi connectivity index (χ2n) is 7.09. The molecule has 160 valence electrons. The number of amides is 4. The summed E-state index contributed by atoms with van der Waals surface area (Å²) in [7, 11) is 0. The largest absolute Gasteiger partial charge is 0.335 e. The molecule has 3 aromatic carbocycles. The molecule has 0 atom stereocenters. The van der Waals surface area contributed by atoms with E-state index >= 15 is 0 Å². The van der Waals surface area contributed by atoms with Gasteiger partial charge in [0.05, 0.1) is 5.69 Å². The van der Waals surface area contributed by atoms with E-state index in [0.717, 1.165) is 10.5 Å². The summed E-state index contributed by atoms with van der Waals surface area (Å²) >= 11 is 12.1. The summed E-state index contributed by atoms with van der Waals surface area (Å²) in [5.41, 5.74) is 1.92. The molecule has 0 aliphatic carbocycles. The van der Waals surface area contributed by atoms with E-state index in [2.05, 4.69) is 5.32 Å². The number of halogens is 3. The maximum atomic E-state index is 13.6. The monoisotopic (exact) mass is 468 g/mol. The summed E-state index contributed by atoms with van der Waals surface area (Å²) in [6, 6.07) is 16.4. The lowest BCUT2D eigenvalue weighted by molar-refractivity contribution is -0.122. The highest BCUT2D eigenvalue weighted by molar-refractivity contribution is 6.39. The maximum absolute atomic E-state index is 13.6. The van der Waals surface area contributed by atoms with Crippen LogP contribution in [0.15, 0.2) is 72.3 Å². The number of urea groups is 1. The number of hydrogen-bond acceptors (Lipinski definition) is 3. The van der Waals surface area contributed by atoms with Gasteiger partial charge in [0, 0.05) is 10.0 Å². The maximum Gasteiger partial charge on any atom is 0.335 e. The van der Waals surface area contributed by atoms with Crippen molar-refractivity contribution < 1.29 is 18.8 Å². The number of nitrogens with one attached hydrogen (secondary N) is 1. The summed E-state index contributed by atoms with van der Waals surface area (Å²) < 4.78 is 13.6. The summed E-state index contributed by atoms with van der Waals surface area (Å²) in [6.07, 6.45) is 1.73. The second kappa shape index (κ2) is 8.94. The topological polar surface area (TPSA) is 66.5 Å². The zero-order valence-corrected chi connectivity index (χ0v) is 18.0. The number of carbonyl (C=O) groups is 3. The lowest BCUT2D eigenvalue weighted by Gasteiger charge is -2.26. The fraction of sp³-hybridized carbons (Fsp3) is 0.0417. The predicted octanol–water partition coefficient (Wildman–Crippen LogP) is 5.39. The summed E-state index contributed by atoms with van der Waals surface area (Å²) in [6.45, 7) is 0. The van der Waals surface area contributed by atoms with E-state index in [9.17, 15) is 18.8 Å². The zero-order chi connectivity index (χ0) is 22.8. The van der Waals surface area contributed by atoms with Gasteiger partial charge in [0.2, 0.25) is 0 Å². The number of carbonyl (C=O) groups excluding carboxylic acids is 3. The van der Waals surface area contributed by atoms with E-state index in [1.54, 1.807) is 42.5 Å². The van der Waals surface area contributed by atoms with Gasteiger partial charge in [0.25, 0.3) is 11.8 Å². The minimum absolute atomic E-state index is 0.226. The van der Waals surface area contributed by atoms with E-state index < -0.39 is 17.8 Å². The number of anilines is 1. The molecule has 1 fully saturated rings. The minimum atomic E-state index is -0.870. The Hall–Kier alpha value is -3.48. The SMILES string of the molecule is O=C1NC(=O)N(c2cccc(Cl)c2)C(=O)/C1=C/c1cc(Cl)ccc1Cc1cccc(F)c1. The number of hydrogen-bond donors (Lipinski definition) is 1. The van der Waals surface area contributed by atoms with Gasteiger partial charge < -0.3 is 0 Å².